The monoisotopic (exact) mass is 245 g/mol. The highest BCUT2D eigenvalue weighted by atomic mass is 35.5. The number of halogens is 1. The summed E-state index contributed by atoms with van der Waals surface area (Å²) >= 11 is 6.76. The fraction of sp³-hybridized carbons (Fsp3) is 0.375. The van der Waals surface area contributed by atoms with Crippen molar-refractivity contribution in [3.63, 3.8) is 0 Å². The van der Waals surface area contributed by atoms with Crippen molar-refractivity contribution in [3.05, 3.63) is 10.0 Å². The second-order valence-corrected chi connectivity index (χ2v) is 4.00. The molecule has 1 aromatic heterocycles. The first-order valence-electron chi connectivity index (χ1n) is 3.99. The molecule has 1 N–H and O–H groups in total. The van der Waals surface area contributed by atoms with E-state index in [0.29, 0.717) is 10.0 Å². The van der Waals surface area contributed by atoms with E-state index in [1.807, 2.05) is 6.07 Å². The molecule has 1 unspecified atom stereocenters. The molecule has 0 saturated carbocycles. The smallest absolute Gasteiger partial charge is 0.328 e. The Bertz CT molecular complexity index is 413. The third-order valence-corrected chi connectivity index (χ3v) is 2.86. The first-order valence-corrected chi connectivity index (χ1v) is 5.18. The van der Waals surface area contributed by atoms with Crippen molar-refractivity contribution >= 4 is 34.0 Å². The summed E-state index contributed by atoms with van der Waals surface area (Å²) in [5.74, 6) is -0.403. The van der Waals surface area contributed by atoms with Crippen LogP contribution in [0.1, 0.15) is 11.8 Å². The first-order chi connectivity index (χ1) is 7.08. The highest BCUT2D eigenvalue weighted by Crippen LogP contribution is 2.26. The van der Waals surface area contributed by atoms with E-state index in [0.717, 1.165) is 11.3 Å². The number of rotatable bonds is 3. The number of nitriles is 1. The van der Waals surface area contributed by atoms with Gasteiger partial charge in [0.1, 0.15) is 17.0 Å². The summed E-state index contributed by atoms with van der Waals surface area (Å²) in [6.45, 7) is 1.63. The highest BCUT2D eigenvalue weighted by Gasteiger charge is 2.16. The molecule has 0 aliphatic rings. The van der Waals surface area contributed by atoms with Crippen molar-refractivity contribution in [2.24, 2.45) is 0 Å². The van der Waals surface area contributed by atoms with Crippen molar-refractivity contribution in [1.82, 2.24) is 4.98 Å². The summed E-state index contributed by atoms with van der Waals surface area (Å²) in [5.41, 5.74) is 0. The van der Waals surface area contributed by atoms with Crippen LogP contribution in [0.15, 0.2) is 0 Å². The van der Waals surface area contributed by atoms with Crippen LogP contribution in [0.5, 0.6) is 0 Å². The molecule has 0 spiro atoms. The van der Waals surface area contributed by atoms with Crippen LogP contribution in [0.25, 0.3) is 0 Å². The van der Waals surface area contributed by atoms with Gasteiger partial charge in [0.25, 0.3) is 0 Å². The van der Waals surface area contributed by atoms with Gasteiger partial charge in [-0.25, -0.2) is 9.78 Å². The lowest BCUT2D eigenvalue weighted by Gasteiger charge is -2.09. The number of aromatic nitrogens is 1. The molecule has 0 fully saturated rings. The maximum atomic E-state index is 11.1. The molecule has 0 aliphatic carbocycles. The van der Waals surface area contributed by atoms with E-state index in [-0.39, 0.29) is 5.15 Å². The van der Waals surface area contributed by atoms with Gasteiger partial charge < -0.3 is 10.1 Å². The van der Waals surface area contributed by atoms with Gasteiger partial charge in [-0.1, -0.05) is 22.9 Å². The molecule has 1 rings (SSSR count). The third kappa shape index (κ3) is 2.81. The number of nitrogens with one attached hydrogen (secondary N) is 1. The zero-order valence-corrected chi connectivity index (χ0v) is 9.65. The number of hydrogen-bond donors (Lipinski definition) is 1. The maximum absolute atomic E-state index is 11.1. The van der Waals surface area contributed by atoms with Gasteiger partial charge in [-0.15, -0.1) is 0 Å². The van der Waals surface area contributed by atoms with E-state index >= 15 is 0 Å². The normalized spacial score (nSPS) is 11.6. The minimum absolute atomic E-state index is 0.141. The van der Waals surface area contributed by atoms with Crippen molar-refractivity contribution in [3.8, 4) is 6.07 Å². The SMILES string of the molecule is COC(=O)C(C)Nc1nc(Cl)c(C#N)s1. The van der Waals surface area contributed by atoms with Crippen LogP contribution in [0.4, 0.5) is 5.13 Å². The van der Waals surface area contributed by atoms with Crippen LogP contribution >= 0.6 is 22.9 Å². The fourth-order valence-corrected chi connectivity index (χ4v) is 1.89. The van der Waals surface area contributed by atoms with Crippen LogP contribution in [-0.2, 0) is 9.53 Å². The molecule has 5 nitrogen and oxygen atoms in total. The molecule has 0 radical (unpaired) electrons. The Morgan fingerprint density at radius 3 is 2.93 bits per heavy atom. The minimum Gasteiger partial charge on any atom is -0.467 e. The van der Waals surface area contributed by atoms with E-state index < -0.39 is 12.0 Å². The molecule has 0 bridgehead atoms. The second kappa shape index (κ2) is 4.96. The molecule has 7 heteroatoms. The number of ether oxygens (including phenoxy) is 1. The zero-order chi connectivity index (χ0) is 11.4. The highest BCUT2D eigenvalue weighted by molar-refractivity contribution is 7.16. The average Bonchev–Trinajstić information content (AvgIpc) is 2.57. The third-order valence-electron chi connectivity index (χ3n) is 1.58. The molecule has 0 saturated heterocycles. The van der Waals surface area contributed by atoms with Crippen molar-refractivity contribution in [2.45, 2.75) is 13.0 Å². The van der Waals surface area contributed by atoms with Crippen LogP contribution < -0.4 is 5.32 Å². The topological polar surface area (TPSA) is 75.0 Å². The molecule has 0 aromatic carbocycles. The lowest BCUT2D eigenvalue weighted by molar-refractivity contribution is -0.141. The number of esters is 1. The molecular weight excluding hydrogens is 238 g/mol. The summed E-state index contributed by atoms with van der Waals surface area (Å²) in [7, 11) is 1.30. The summed E-state index contributed by atoms with van der Waals surface area (Å²) in [6, 6.07) is 1.38. The molecule has 1 aromatic rings. The Morgan fingerprint density at radius 1 is 1.80 bits per heavy atom. The molecule has 1 atom stereocenters. The fourth-order valence-electron chi connectivity index (χ4n) is 0.853. The number of thiazole rings is 1. The van der Waals surface area contributed by atoms with E-state index in [1.54, 1.807) is 6.92 Å². The lowest BCUT2D eigenvalue weighted by Crippen LogP contribution is -2.26. The number of hydrogen-bond acceptors (Lipinski definition) is 6. The Balaban J connectivity index is 2.74. The van der Waals surface area contributed by atoms with Gasteiger partial charge in [0, 0.05) is 0 Å². The molecule has 0 aliphatic heterocycles. The van der Waals surface area contributed by atoms with Gasteiger partial charge >= 0.3 is 5.97 Å². The Labute approximate surface area is 95.6 Å². The number of nitrogens with zero attached hydrogens (tertiary/aromatic N) is 2. The predicted molar refractivity (Wildman–Crippen MR) is 56.9 cm³/mol. The van der Waals surface area contributed by atoms with E-state index in [9.17, 15) is 4.79 Å². The van der Waals surface area contributed by atoms with Crippen LogP contribution in [0.2, 0.25) is 5.15 Å². The van der Waals surface area contributed by atoms with E-state index in [4.69, 9.17) is 16.9 Å². The lowest BCUT2D eigenvalue weighted by atomic mass is 10.3. The van der Waals surface area contributed by atoms with Crippen LogP contribution in [-0.4, -0.2) is 24.1 Å². The minimum atomic E-state index is -0.524. The number of carbonyl (C=O) groups excluding carboxylic acids is 1. The molecule has 1 heterocycles. The van der Waals surface area contributed by atoms with Crippen molar-refractivity contribution < 1.29 is 9.53 Å². The Morgan fingerprint density at radius 2 is 2.47 bits per heavy atom. The molecular formula is C8H8ClN3O2S. The van der Waals surface area contributed by atoms with E-state index in [1.165, 1.54) is 7.11 Å². The number of methoxy groups -OCH3 is 1. The van der Waals surface area contributed by atoms with Gasteiger partial charge in [-0.2, -0.15) is 5.26 Å². The zero-order valence-electron chi connectivity index (χ0n) is 8.07. The molecule has 80 valence electrons. The van der Waals surface area contributed by atoms with Crippen LogP contribution in [0.3, 0.4) is 0 Å². The van der Waals surface area contributed by atoms with Gasteiger partial charge in [0.05, 0.1) is 7.11 Å². The summed E-state index contributed by atoms with van der Waals surface area (Å²) in [5, 5.41) is 12.0. The maximum Gasteiger partial charge on any atom is 0.328 e. The Hall–Kier alpha value is -1.32. The van der Waals surface area contributed by atoms with Gasteiger partial charge in [0.15, 0.2) is 10.3 Å². The molecule has 0 amide bonds. The largest absolute Gasteiger partial charge is 0.467 e. The van der Waals surface area contributed by atoms with Crippen LogP contribution in [0, 0.1) is 11.3 Å². The predicted octanol–water partition coefficient (Wildman–Crippen LogP) is 1.64. The second-order valence-electron chi connectivity index (χ2n) is 2.64. The summed E-state index contributed by atoms with van der Waals surface area (Å²) in [6.07, 6.45) is 0. The standard InChI is InChI=1S/C8H8ClN3O2S/c1-4(7(13)14-2)11-8-12-6(9)5(3-10)15-8/h4H,1-2H3,(H,11,12). The van der Waals surface area contributed by atoms with Crippen molar-refractivity contribution in [2.75, 3.05) is 12.4 Å². The van der Waals surface area contributed by atoms with Gasteiger partial charge in [-0.05, 0) is 6.92 Å². The number of anilines is 1. The van der Waals surface area contributed by atoms with E-state index in [2.05, 4.69) is 15.0 Å². The summed E-state index contributed by atoms with van der Waals surface area (Å²) < 4.78 is 4.52. The average molecular weight is 246 g/mol. The van der Waals surface area contributed by atoms with Gasteiger partial charge in [0.2, 0.25) is 0 Å². The first kappa shape index (κ1) is 11.8. The van der Waals surface area contributed by atoms with Gasteiger partial charge in [-0.3, -0.25) is 0 Å². The summed E-state index contributed by atoms with van der Waals surface area (Å²) in [4.78, 5) is 15.3. The number of carbonyl (C=O) groups is 1. The molecule has 15 heavy (non-hydrogen) atoms. The Kier molecular flexibility index (Phi) is 3.88. The van der Waals surface area contributed by atoms with Crippen molar-refractivity contribution in [1.29, 1.82) is 5.26 Å². The quantitative estimate of drug-likeness (QED) is 0.820.